The normalized spacial score (nSPS) is 15.2. The summed E-state index contributed by atoms with van der Waals surface area (Å²) in [5.41, 5.74) is 1.000. The van der Waals surface area contributed by atoms with Crippen molar-refractivity contribution in [2.45, 2.75) is 51.1 Å². The molecule has 1 aliphatic carbocycles. The SMILES string of the molecule is CNCCC(=O)N(Cc1ccc(F)cc1)C1CCCCC1.Cl. The minimum absolute atomic E-state index is 0. The van der Waals surface area contributed by atoms with Crippen LogP contribution in [-0.2, 0) is 11.3 Å². The number of benzene rings is 1. The van der Waals surface area contributed by atoms with Gasteiger partial charge in [-0.05, 0) is 37.6 Å². The van der Waals surface area contributed by atoms with Crippen molar-refractivity contribution in [3.8, 4) is 0 Å². The molecule has 0 heterocycles. The Bertz CT molecular complexity index is 446. The Morgan fingerprint density at radius 2 is 1.86 bits per heavy atom. The number of halogens is 2. The van der Waals surface area contributed by atoms with Crippen molar-refractivity contribution >= 4 is 18.3 Å². The first-order chi connectivity index (χ1) is 10.2. The molecule has 1 N–H and O–H groups in total. The maximum atomic E-state index is 13.0. The first kappa shape index (κ1) is 18.9. The van der Waals surface area contributed by atoms with Gasteiger partial charge >= 0.3 is 0 Å². The number of hydrogen-bond donors (Lipinski definition) is 1. The summed E-state index contributed by atoms with van der Waals surface area (Å²) in [5, 5.41) is 3.03. The Hall–Kier alpha value is -1.13. The van der Waals surface area contributed by atoms with Crippen LogP contribution >= 0.6 is 12.4 Å². The summed E-state index contributed by atoms with van der Waals surface area (Å²) < 4.78 is 13.0. The van der Waals surface area contributed by atoms with E-state index >= 15 is 0 Å². The van der Waals surface area contributed by atoms with E-state index in [1.165, 1.54) is 31.4 Å². The first-order valence-electron chi connectivity index (χ1n) is 7.89. The zero-order chi connectivity index (χ0) is 15.1. The quantitative estimate of drug-likeness (QED) is 0.866. The van der Waals surface area contributed by atoms with Gasteiger partial charge in [-0.25, -0.2) is 4.39 Å². The van der Waals surface area contributed by atoms with E-state index in [-0.39, 0.29) is 24.1 Å². The van der Waals surface area contributed by atoms with Gasteiger partial charge in [-0.3, -0.25) is 4.79 Å². The largest absolute Gasteiger partial charge is 0.335 e. The van der Waals surface area contributed by atoms with E-state index in [0.29, 0.717) is 25.6 Å². The lowest BCUT2D eigenvalue weighted by Crippen LogP contribution is -2.41. The summed E-state index contributed by atoms with van der Waals surface area (Å²) in [4.78, 5) is 14.5. The summed E-state index contributed by atoms with van der Waals surface area (Å²) in [7, 11) is 1.86. The third-order valence-corrected chi connectivity index (χ3v) is 4.19. The Labute approximate surface area is 138 Å². The fourth-order valence-corrected chi connectivity index (χ4v) is 2.98. The van der Waals surface area contributed by atoms with E-state index in [1.54, 1.807) is 12.1 Å². The molecular formula is C17H26ClFN2O. The van der Waals surface area contributed by atoms with Gasteiger partial charge in [-0.2, -0.15) is 0 Å². The molecule has 0 aliphatic heterocycles. The van der Waals surface area contributed by atoms with Crippen LogP contribution in [-0.4, -0.2) is 30.4 Å². The van der Waals surface area contributed by atoms with Crippen molar-refractivity contribution in [2.24, 2.45) is 0 Å². The molecule has 0 aromatic heterocycles. The summed E-state index contributed by atoms with van der Waals surface area (Å²) in [6.07, 6.45) is 6.37. The highest BCUT2D eigenvalue weighted by Crippen LogP contribution is 2.24. The number of carbonyl (C=O) groups is 1. The van der Waals surface area contributed by atoms with Gasteiger partial charge in [0.15, 0.2) is 0 Å². The van der Waals surface area contributed by atoms with Crippen LogP contribution < -0.4 is 5.32 Å². The molecule has 0 saturated heterocycles. The average Bonchev–Trinajstić information content (AvgIpc) is 2.53. The first-order valence-corrected chi connectivity index (χ1v) is 7.89. The summed E-state index contributed by atoms with van der Waals surface area (Å²) >= 11 is 0. The van der Waals surface area contributed by atoms with E-state index in [0.717, 1.165) is 18.4 Å². The molecule has 1 amide bonds. The predicted octanol–water partition coefficient (Wildman–Crippen LogP) is 3.52. The topological polar surface area (TPSA) is 32.3 Å². The number of nitrogens with zero attached hydrogens (tertiary/aromatic N) is 1. The second kappa shape index (κ2) is 9.80. The number of hydrogen-bond acceptors (Lipinski definition) is 2. The van der Waals surface area contributed by atoms with E-state index in [4.69, 9.17) is 0 Å². The number of carbonyl (C=O) groups excluding carboxylic acids is 1. The second-order valence-corrected chi connectivity index (χ2v) is 5.79. The maximum absolute atomic E-state index is 13.0. The molecule has 2 rings (SSSR count). The predicted molar refractivity (Wildman–Crippen MR) is 89.6 cm³/mol. The molecule has 1 aliphatic rings. The zero-order valence-electron chi connectivity index (χ0n) is 13.2. The molecule has 22 heavy (non-hydrogen) atoms. The monoisotopic (exact) mass is 328 g/mol. The van der Waals surface area contributed by atoms with Crippen molar-refractivity contribution in [3.05, 3.63) is 35.6 Å². The highest BCUT2D eigenvalue weighted by atomic mass is 35.5. The molecule has 1 saturated carbocycles. The highest BCUT2D eigenvalue weighted by molar-refractivity contribution is 5.85. The molecule has 0 unspecified atom stereocenters. The molecule has 0 spiro atoms. The minimum Gasteiger partial charge on any atom is -0.335 e. The van der Waals surface area contributed by atoms with Gasteiger partial charge in [0.2, 0.25) is 5.91 Å². The second-order valence-electron chi connectivity index (χ2n) is 5.79. The average molecular weight is 329 g/mol. The summed E-state index contributed by atoms with van der Waals surface area (Å²) in [6.45, 7) is 1.29. The van der Waals surface area contributed by atoms with Gasteiger partial charge in [0.25, 0.3) is 0 Å². The summed E-state index contributed by atoms with van der Waals surface area (Å²) in [6, 6.07) is 6.82. The van der Waals surface area contributed by atoms with Crippen LogP contribution in [0.25, 0.3) is 0 Å². The van der Waals surface area contributed by atoms with Crippen LogP contribution in [0, 0.1) is 5.82 Å². The Balaban J connectivity index is 0.00000242. The standard InChI is InChI=1S/C17H25FN2O.ClH/c1-19-12-11-17(21)20(16-5-3-2-4-6-16)13-14-7-9-15(18)10-8-14;/h7-10,16,19H,2-6,11-13H2,1H3;1H. The molecule has 3 nitrogen and oxygen atoms in total. The Morgan fingerprint density at radius 3 is 2.45 bits per heavy atom. The molecule has 1 aromatic carbocycles. The van der Waals surface area contributed by atoms with Gasteiger partial charge in [0.05, 0.1) is 0 Å². The Morgan fingerprint density at radius 1 is 1.23 bits per heavy atom. The van der Waals surface area contributed by atoms with Crippen LogP contribution in [0.5, 0.6) is 0 Å². The van der Waals surface area contributed by atoms with Crippen molar-refractivity contribution in [1.29, 1.82) is 0 Å². The molecule has 5 heteroatoms. The van der Waals surface area contributed by atoms with E-state index in [9.17, 15) is 9.18 Å². The molecule has 0 bridgehead atoms. The molecule has 1 fully saturated rings. The zero-order valence-corrected chi connectivity index (χ0v) is 14.0. The Kier molecular flexibility index (Phi) is 8.43. The van der Waals surface area contributed by atoms with Gasteiger partial charge < -0.3 is 10.2 Å². The molecular weight excluding hydrogens is 303 g/mol. The van der Waals surface area contributed by atoms with E-state index in [1.807, 2.05) is 11.9 Å². The van der Waals surface area contributed by atoms with Crippen molar-refractivity contribution in [3.63, 3.8) is 0 Å². The lowest BCUT2D eigenvalue weighted by atomic mass is 9.93. The number of amides is 1. The van der Waals surface area contributed by atoms with Crippen LogP contribution in [0.1, 0.15) is 44.1 Å². The lowest BCUT2D eigenvalue weighted by Gasteiger charge is -2.34. The smallest absolute Gasteiger partial charge is 0.224 e. The van der Waals surface area contributed by atoms with Crippen LogP contribution in [0.2, 0.25) is 0 Å². The number of nitrogens with one attached hydrogen (secondary N) is 1. The van der Waals surface area contributed by atoms with Crippen molar-refractivity contribution in [1.82, 2.24) is 10.2 Å². The third-order valence-electron chi connectivity index (χ3n) is 4.19. The lowest BCUT2D eigenvalue weighted by molar-refractivity contribution is -0.134. The molecule has 0 atom stereocenters. The van der Waals surface area contributed by atoms with Gasteiger partial charge in [-0.1, -0.05) is 31.4 Å². The number of rotatable bonds is 6. The van der Waals surface area contributed by atoms with E-state index in [2.05, 4.69) is 5.32 Å². The van der Waals surface area contributed by atoms with Gasteiger partial charge in [0, 0.05) is 25.6 Å². The minimum atomic E-state index is -0.232. The maximum Gasteiger partial charge on any atom is 0.224 e. The highest BCUT2D eigenvalue weighted by Gasteiger charge is 2.25. The molecule has 0 radical (unpaired) electrons. The van der Waals surface area contributed by atoms with Crippen LogP contribution in [0.4, 0.5) is 4.39 Å². The van der Waals surface area contributed by atoms with Gasteiger partial charge in [0.1, 0.15) is 5.82 Å². The van der Waals surface area contributed by atoms with Crippen molar-refractivity contribution < 1.29 is 9.18 Å². The van der Waals surface area contributed by atoms with Gasteiger partial charge in [-0.15, -0.1) is 12.4 Å². The fraction of sp³-hybridized carbons (Fsp3) is 0.588. The molecule has 1 aromatic rings. The fourth-order valence-electron chi connectivity index (χ4n) is 2.98. The van der Waals surface area contributed by atoms with E-state index < -0.39 is 0 Å². The van der Waals surface area contributed by atoms with Crippen LogP contribution in [0.15, 0.2) is 24.3 Å². The summed E-state index contributed by atoms with van der Waals surface area (Å²) in [5.74, 6) is -0.0370. The van der Waals surface area contributed by atoms with Crippen molar-refractivity contribution in [2.75, 3.05) is 13.6 Å². The molecule has 124 valence electrons. The third kappa shape index (κ3) is 5.58. The van der Waals surface area contributed by atoms with Crippen LogP contribution in [0.3, 0.4) is 0 Å².